The molecule has 1 aliphatic carbocycles. The average Bonchev–Trinajstić information content (AvgIpc) is 2.72. The van der Waals surface area contributed by atoms with Gasteiger partial charge in [0.1, 0.15) is 0 Å². The van der Waals surface area contributed by atoms with E-state index in [1.54, 1.807) is 11.3 Å². The van der Waals surface area contributed by atoms with Gasteiger partial charge in [0.05, 0.1) is 3.79 Å². The van der Waals surface area contributed by atoms with E-state index in [9.17, 15) is 0 Å². The molecule has 0 amide bonds. The van der Waals surface area contributed by atoms with Gasteiger partial charge >= 0.3 is 0 Å². The van der Waals surface area contributed by atoms with Gasteiger partial charge in [0.25, 0.3) is 0 Å². The highest BCUT2D eigenvalue weighted by atomic mass is 79.9. The van der Waals surface area contributed by atoms with Gasteiger partial charge in [0.2, 0.25) is 0 Å². The molecule has 1 nitrogen and oxygen atoms in total. The Morgan fingerprint density at radius 1 is 1.44 bits per heavy atom. The molecule has 3 heteroatoms. The molecule has 0 aromatic carbocycles. The van der Waals surface area contributed by atoms with Gasteiger partial charge in [-0.15, -0.1) is 11.3 Å². The molecule has 2 rings (SSSR count). The molecular formula is C15H24BrNS. The van der Waals surface area contributed by atoms with Gasteiger partial charge in [0, 0.05) is 12.6 Å². The van der Waals surface area contributed by atoms with E-state index >= 15 is 0 Å². The zero-order valence-corrected chi connectivity index (χ0v) is 14.0. The van der Waals surface area contributed by atoms with Crippen LogP contribution in [0.1, 0.15) is 45.6 Å². The second kappa shape index (κ2) is 6.53. The third kappa shape index (κ3) is 3.82. The number of thiophene rings is 1. The molecule has 1 fully saturated rings. The van der Waals surface area contributed by atoms with Crippen molar-refractivity contribution in [2.45, 2.75) is 52.6 Å². The van der Waals surface area contributed by atoms with Gasteiger partial charge in [-0.25, -0.2) is 0 Å². The lowest BCUT2D eigenvalue weighted by Gasteiger charge is -2.38. The standard InChI is InChI=1S/C15H24BrNS/c1-10(2)13-5-4-11(3)6-14(13)17-8-12-7-15(16)18-9-12/h7,9-11,13-14,17H,4-6,8H2,1-3H3. The first-order valence-electron chi connectivity index (χ1n) is 7.02. The monoisotopic (exact) mass is 329 g/mol. The zero-order valence-electron chi connectivity index (χ0n) is 11.6. The van der Waals surface area contributed by atoms with Crippen LogP contribution in [0.25, 0.3) is 0 Å². The minimum absolute atomic E-state index is 0.701. The highest BCUT2D eigenvalue weighted by molar-refractivity contribution is 9.11. The lowest BCUT2D eigenvalue weighted by atomic mass is 9.74. The smallest absolute Gasteiger partial charge is 0.0701 e. The van der Waals surface area contributed by atoms with E-state index in [2.05, 4.69) is 53.5 Å². The first-order chi connectivity index (χ1) is 8.56. The Morgan fingerprint density at radius 3 is 2.83 bits per heavy atom. The SMILES string of the molecule is CC1CCC(C(C)C)C(NCc2csc(Br)c2)C1. The van der Waals surface area contributed by atoms with Crippen LogP contribution < -0.4 is 5.32 Å². The molecule has 0 radical (unpaired) electrons. The summed E-state index contributed by atoms with van der Waals surface area (Å²) < 4.78 is 1.23. The van der Waals surface area contributed by atoms with Gasteiger partial charge in [-0.3, -0.25) is 0 Å². The van der Waals surface area contributed by atoms with E-state index in [0.29, 0.717) is 6.04 Å². The van der Waals surface area contributed by atoms with Gasteiger partial charge in [-0.05, 0) is 63.5 Å². The Labute approximate surface area is 123 Å². The summed E-state index contributed by atoms with van der Waals surface area (Å²) in [6, 6.07) is 2.93. The maximum Gasteiger partial charge on any atom is 0.0701 e. The molecule has 1 aromatic rings. The van der Waals surface area contributed by atoms with E-state index in [0.717, 1.165) is 24.3 Å². The maximum atomic E-state index is 3.80. The average molecular weight is 330 g/mol. The topological polar surface area (TPSA) is 12.0 Å². The summed E-state index contributed by atoms with van der Waals surface area (Å²) in [7, 11) is 0. The van der Waals surface area contributed by atoms with Crippen molar-refractivity contribution in [3.63, 3.8) is 0 Å². The lowest BCUT2D eigenvalue weighted by Crippen LogP contribution is -2.42. The summed E-state index contributed by atoms with van der Waals surface area (Å²) in [5.74, 6) is 2.53. The Hall–Kier alpha value is 0.140. The molecule has 3 unspecified atom stereocenters. The van der Waals surface area contributed by atoms with Gasteiger partial charge in [-0.2, -0.15) is 0 Å². The number of rotatable bonds is 4. The Kier molecular flexibility index (Phi) is 5.28. The summed E-state index contributed by atoms with van der Waals surface area (Å²) >= 11 is 5.31. The van der Waals surface area contributed by atoms with E-state index in [-0.39, 0.29) is 0 Å². The fourth-order valence-corrected chi connectivity index (χ4v) is 4.33. The molecule has 0 spiro atoms. The molecule has 18 heavy (non-hydrogen) atoms. The molecule has 0 saturated heterocycles. The Bertz CT molecular complexity index is 374. The van der Waals surface area contributed by atoms with E-state index in [4.69, 9.17) is 0 Å². The fourth-order valence-electron chi connectivity index (χ4n) is 3.12. The molecule has 1 N–H and O–H groups in total. The first kappa shape index (κ1) is 14.5. The molecule has 1 heterocycles. The van der Waals surface area contributed by atoms with E-state index in [1.165, 1.54) is 28.6 Å². The summed E-state index contributed by atoms with van der Waals surface area (Å²) in [5.41, 5.74) is 1.41. The molecule has 3 atom stereocenters. The van der Waals surface area contributed by atoms with Crippen LogP contribution in [0, 0.1) is 17.8 Å². The van der Waals surface area contributed by atoms with Gasteiger partial charge < -0.3 is 5.32 Å². The second-order valence-electron chi connectivity index (χ2n) is 6.07. The molecule has 1 aromatic heterocycles. The van der Waals surface area contributed by atoms with Crippen LogP contribution in [0.15, 0.2) is 15.2 Å². The molecule has 0 aliphatic heterocycles. The second-order valence-corrected chi connectivity index (χ2v) is 8.36. The Balaban J connectivity index is 1.92. The quantitative estimate of drug-likeness (QED) is 0.813. The van der Waals surface area contributed by atoms with Crippen LogP contribution in [0.3, 0.4) is 0 Å². The minimum atomic E-state index is 0.701. The van der Waals surface area contributed by atoms with E-state index in [1.807, 2.05) is 0 Å². The highest BCUT2D eigenvalue weighted by Crippen LogP contribution is 2.33. The summed E-state index contributed by atoms with van der Waals surface area (Å²) in [6.45, 7) is 8.15. The third-order valence-corrected chi connectivity index (χ3v) is 5.77. The van der Waals surface area contributed by atoms with Crippen molar-refractivity contribution in [3.8, 4) is 0 Å². The van der Waals surface area contributed by atoms with Crippen molar-refractivity contribution >= 4 is 27.3 Å². The number of nitrogens with one attached hydrogen (secondary N) is 1. The minimum Gasteiger partial charge on any atom is -0.310 e. The van der Waals surface area contributed by atoms with Gasteiger partial charge in [-0.1, -0.05) is 27.2 Å². The van der Waals surface area contributed by atoms with Crippen LogP contribution in [-0.4, -0.2) is 6.04 Å². The van der Waals surface area contributed by atoms with Crippen molar-refractivity contribution in [1.82, 2.24) is 5.32 Å². The lowest BCUT2D eigenvalue weighted by molar-refractivity contribution is 0.169. The third-order valence-electron chi connectivity index (χ3n) is 4.21. The van der Waals surface area contributed by atoms with Crippen molar-refractivity contribution in [1.29, 1.82) is 0 Å². The number of hydrogen-bond acceptors (Lipinski definition) is 2. The van der Waals surface area contributed by atoms with Crippen LogP contribution in [0.5, 0.6) is 0 Å². The predicted octanol–water partition coefficient (Wildman–Crippen LogP) is 5.06. The molecule has 102 valence electrons. The zero-order chi connectivity index (χ0) is 13.1. The normalized spacial score (nSPS) is 28.8. The molecular weight excluding hydrogens is 306 g/mol. The summed E-state index contributed by atoms with van der Waals surface area (Å²) in [6.07, 6.45) is 4.14. The van der Waals surface area contributed by atoms with Crippen molar-refractivity contribution in [2.75, 3.05) is 0 Å². The summed E-state index contributed by atoms with van der Waals surface area (Å²) in [4.78, 5) is 0. The van der Waals surface area contributed by atoms with Crippen molar-refractivity contribution in [3.05, 3.63) is 20.8 Å². The van der Waals surface area contributed by atoms with Crippen LogP contribution in [-0.2, 0) is 6.54 Å². The fraction of sp³-hybridized carbons (Fsp3) is 0.733. The number of hydrogen-bond donors (Lipinski definition) is 1. The summed E-state index contributed by atoms with van der Waals surface area (Å²) in [5, 5.41) is 6.04. The first-order valence-corrected chi connectivity index (χ1v) is 8.69. The number of halogens is 1. The maximum absolute atomic E-state index is 3.80. The largest absolute Gasteiger partial charge is 0.310 e. The highest BCUT2D eigenvalue weighted by Gasteiger charge is 2.30. The van der Waals surface area contributed by atoms with Gasteiger partial charge in [0.15, 0.2) is 0 Å². The van der Waals surface area contributed by atoms with Crippen LogP contribution in [0.4, 0.5) is 0 Å². The van der Waals surface area contributed by atoms with Crippen LogP contribution >= 0.6 is 27.3 Å². The molecule has 1 saturated carbocycles. The van der Waals surface area contributed by atoms with Crippen molar-refractivity contribution < 1.29 is 0 Å². The van der Waals surface area contributed by atoms with Crippen molar-refractivity contribution in [2.24, 2.45) is 17.8 Å². The molecule has 0 bridgehead atoms. The van der Waals surface area contributed by atoms with Crippen LogP contribution in [0.2, 0.25) is 0 Å². The van der Waals surface area contributed by atoms with E-state index < -0.39 is 0 Å². The Morgan fingerprint density at radius 2 is 2.22 bits per heavy atom. The predicted molar refractivity (Wildman–Crippen MR) is 84.0 cm³/mol. The molecule has 1 aliphatic rings.